The first-order valence-electron chi connectivity index (χ1n) is 3.75. The summed E-state index contributed by atoms with van der Waals surface area (Å²) in [4.78, 5) is 0. The van der Waals surface area contributed by atoms with E-state index in [-0.39, 0.29) is 6.61 Å². The summed E-state index contributed by atoms with van der Waals surface area (Å²) in [6.45, 7) is 0.123. The predicted octanol–water partition coefficient (Wildman–Crippen LogP) is 1.82. The van der Waals surface area contributed by atoms with E-state index < -0.39 is 6.10 Å². The highest BCUT2D eigenvalue weighted by molar-refractivity contribution is 9.10. The zero-order chi connectivity index (χ0) is 9.68. The molecule has 0 aliphatic rings. The highest BCUT2D eigenvalue weighted by Gasteiger charge is 1.99. The second-order valence-electron chi connectivity index (χ2n) is 2.45. The van der Waals surface area contributed by atoms with Crippen molar-refractivity contribution in [2.24, 2.45) is 0 Å². The third-order valence-electron chi connectivity index (χ3n) is 1.41. The molecule has 0 aromatic heterocycles. The molecule has 0 saturated heterocycles. The van der Waals surface area contributed by atoms with Crippen LogP contribution in [-0.4, -0.2) is 17.8 Å². The summed E-state index contributed by atoms with van der Waals surface area (Å²) < 4.78 is 6.18. The molecule has 13 heavy (non-hydrogen) atoms. The van der Waals surface area contributed by atoms with Crippen LogP contribution in [-0.2, 0) is 0 Å². The van der Waals surface area contributed by atoms with Gasteiger partial charge in [-0.2, -0.15) is 0 Å². The SMILES string of the molecule is C#CC(O)COc1ccc(Br)cc1. The average Bonchev–Trinajstić information content (AvgIpc) is 2.16. The summed E-state index contributed by atoms with van der Waals surface area (Å²) in [6, 6.07) is 7.32. The minimum atomic E-state index is -0.844. The van der Waals surface area contributed by atoms with E-state index in [1.54, 1.807) is 12.1 Å². The van der Waals surface area contributed by atoms with Crippen molar-refractivity contribution in [3.8, 4) is 18.1 Å². The van der Waals surface area contributed by atoms with E-state index in [0.29, 0.717) is 5.75 Å². The van der Waals surface area contributed by atoms with Gasteiger partial charge in [-0.25, -0.2) is 0 Å². The Morgan fingerprint density at radius 1 is 1.46 bits per heavy atom. The molecule has 0 fully saturated rings. The van der Waals surface area contributed by atoms with Gasteiger partial charge >= 0.3 is 0 Å². The zero-order valence-electron chi connectivity index (χ0n) is 6.90. The molecule has 1 aromatic rings. The molecular weight excluding hydrogens is 232 g/mol. The summed E-state index contributed by atoms with van der Waals surface area (Å²) in [5.74, 6) is 2.86. The van der Waals surface area contributed by atoms with Crippen LogP contribution in [0.5, 0.6) is 5.75 Å². The van der Waals surface area contributed by atoms with Crippen molar-refractivity contribution in [2.75, 3.05) is 6.61 Å². The highest BCUT2D eigenvalue weighted by Crippen LogP contribution is 2.15. The third-order valence-corrected chi connectivity index (χ3v) is 1.94. The Morgan fingerprint density at radius 2 is 2.08 bits per heavy atom. The van der Waals surface area contributed by atoms with Gasteiger partial charge in [0.25, 0.3) is 0 Å². The van der Waals surface area contributed by atoms with Gasteiger partial charge in [0.05, 0.1) is 0 Å². The molecule has 0 aliphatic carbocycles. The first-order chi connectivity index (χ1) is 6.22. The van der Waals surface area contributed by atoms with Gasteiger partial charge in [0.1, 0.15) is 18.5 Å². The van der Waals surface area contributed by atoms with Crippen LogP contribution in [0.2, 0.25) is 0 Å². The number of rotatable bonds is 3. The lowest BCUT2D eigenvalue weighted by molar-refractivity contribution is 0.151. The highest BCUT2D eigenvalue weighted by atomic mass is 79.9. The zero-order valence-corrected chi connectivity index (χ0v) is 8.49. The van der Waals surface area contributed by atoms with Crippen molar-refractivity contribution in [3.63, 3.8) is 0 Å². The van der Waals surface area contributed by atoms with Gasteiger partial charge in [-0.15, -0.1) is 6.42 Å². The Balaban J connectivity index is 2.47. The lowest BCUT2D eigenvalue weighted by Gasteiger charge is -2.06. The maximum Gasteiger partial charge on any atom is 0.148 e. The summed E-state index contributed by atoms with van der Waals surface area (Å²) >= 11 is 3.30. The van der Waals surface area contributed by atoms with Gasteiger partial charge in [0.2, 0.25) is 0 Å². The normalized spacial score (nSPS) is 11.8. The van der Waals surface area contributed by atoms with Gasteiger partial charge in [-0.1, -0.05) is 21.9 Å². The fourth-order valence-corrected chi connectivity index (χ4v) is 1.02. The van der Waals surface area contributed by atoms with Crippen molar-refractivity contribution in [3.05, 3.63) is 28.7 Å². The summed E-state index contributed by atoms with van der Waals surface area (Å²) in [6.07, 6.45) is 4.13. The third kappa shape index (κ3) is 3.49. The quantitative estimate of drug-likeness (QED) is 0.818. The van der Waals surface area contributed by atoms with E-state index in [1.165, 1.54) is 0 Å². The Kier molecular flexibility index (Phi) is 3.81. The molecule has 1 unspecified atom stereocenters. The molecule has 2 nitrogen and oxygen atoms in total. The molecule has 0 bridgehead atoms. The van der Waals surface area contributed by atoms with E-state index in [9.17, 15) is 0 Å². The van der Waals surface area contributed by atoms with Crippen LogP contribution in [0.3, 0.4) is 0 Å². The topological polar surface area (TPSA) is 29.5 Å². The average molecular weight is 241 g/mol. The molecule has 0 heterocycles. The molecular formula is C10H9BrO2. The molecule has 0 radical (unpaired) electrons. The van der Waals surface area contributed by atoms with Crippen molar-refractivity contribution < 1.29 is 9.84 Å². The lowest BCUT2D eigenvalue weighted by Crippen LogP contribution is -2.14. The van der Waals surface area contributed by atoms with Crippen LogP contribution in [0.15, 0.2) is 28.7 Å². The number of aliphatic hydroxyl groups is 1. The van der Waals surface area contributed by atoms with Crippen molar-refractivity contribution in [2.45, 2.75) is 6.10 Å². The Hall–Kier alpha value is -0.980. The van der Waals surface area contributed by atoms with E-state index in [2.05, 4.69) is 21.9 Å². The number of benzene rings is 1. The lowest BCUT2D eigenvalue weighted by atomic mass is 10.3. The van der Waals surface area contributed by atoms with E-state index in [0.717, 1.165) is 4.47 Å². The van der Waals surface area contributed by atoms with Crippen molar-refractivity contribution >= 4 is 15.9 Å². The molecule has 1 atom stereocenters. The second kappa shape index (κ2) is 4.90. The maximum absolute atomic E-state index is 9.00. The molecule has 3 heteroatoms. The summed E-state index contributed by atoms with van der Waals surface area (Å²) in [5.41, 5.74) is 0. The van der Waals surface area contributed by atoms with Crippen molar-refractivity contribution in [1.29, 1.82) is 0 Å². The monoisotopic (exact) mass is 240 g/mol. The largest absolute Gasteiger partial charge is 0.490 e. The maximum atomic E-state index is 9.00. The van der Waals surface area contributed by atoms with E-state index in [4.69, 9.17) is 16.3 Å². The van der Waals surface area contributed by atoms with Gasteiger partial charge in [0.15, 0.2) is 0 Å². The molecule has 0 spiro atoms. The molecule has 1 aromatic carbocycles. The Bertz CT molecular complexity index is 300. The summed E-state index contributed by atoms with van der Waals surface area (Å²) in [5, 5.41) is 9.00. The molecule has 1 rings (SSSR count). The molecule has 0 amide bonds. The molecule has 0 saturated carbocycles. The first kappa shape index (κ1) is 10.1. The van der Waals surface area contributed by atoms with Crippen LogP contribution in [0.4, 0.5) is 0 Å². The minimum absolute atomic E-state index is 0.123. The van der Waals surface area contributed by atoms with Crippen LogP contribution >= 0.6 is 15.9 Å². The van der Waals surface area contributed by atoms with Gasteiger partial charge in [-0.05, 0) is 24.3 Å². The van der Waals surface area contributed by atoms with Crippen LogP contribution < -0.4 is 4.74 Å². The Morgan fingerprint density at radius 3 is 2.62 bits per heavy atom. The number of aliphatic hydroxyl groups excluding tert-OH is 1. The number of hydrogen-bond donors (Lipinski definition) is 1. The molecule has 68 valence electrons. The fraction of sp³-hybridized carbons (Fsp3) is 0.200. The van der Waals surface area contributed by atoms with Gasteiger partial charge in [-0.3, -0.25) is 0 Å². The number of ether oxygens (including phenoxy) is 1. The standard InChI is InChI=1S/C10H9BrO2/c1-2-9(12)7-13-10-5-3-8(11)4-6-10/h1,3-6,9,12H,7H2. The fourth-order valence-electron chi connectivity index (χ4n) is 0.754. The Labute approximate surface area is 85.7 Å². The predicted molar refractivity (Wildman–Crippen MR) is 54.5 cm³/mol. The minimum Gasteiger partial charge on any atom is -0.490 e. The van der Waals surface area contributed by atoms with Crippen LogP contribution in [0.25, 0.3) is 0 Å². The molecule has 1 N–H and O–H groups in total. The number of hydrogen-bond acceptors (Lipinski definition) is 2. The van der Waals surface area contributed by atoms with Gasteiger partial charge in [0, 0.05) is 4.47 Å². The smallest absolute Gasteiger partial charge is 0.148 e. The second-order valence-corrected chi connectivity index (χ2v) is 3.36. The number of terminal acetylenes is 1. The van der Waals surface area contributed by atoms with E-state index in [1.807, 2.05) is 12.1 Å². The first-order valence-corrected chi connectivity index (χ1v) is 4.54. The van der Waals surface area contributed by atoms with Crippen molar-refractivity contribution in [1.82, 2.24) is 0 Å². The number of halogens is 1. The van der Waals surface area contributed by atoms with Gasteiger partial charge < -0.3 is 9.84 Å². The molecule has 0 aliphatic heterocycles. The summed E-state index contributed by atoms with van der Waals surface area (Å²) in [7, 11) is 0. The van der Waals surface area contributed by atoms with E-state index >= 15 is 0 Å². The van der Waals surface area contributed by atoms with Crippen LogP contribution in [0.1, 0.15) is 0 Å². The van der Waals surface area contributed by atoms with Crippen LogP contribution in [0, 0.1) is 12.3 Å².